The van der Waals surface area contributed by atoms with E-state index in [-0.39, 0.29) is 18.0 Å². The van der Waals surface area contributed by atoms with Crippen molar-refractivity contribution in [2.24, 2.45) is 5.92 Å². The number of hydrogen-bond acceptors (Lipinski definition) is 5. The summed E-state index contributed by atoms with van der Waals surface area (Å²) >= 11 is 0. The number of anilines is 1. The number of amides is 1. The van der Waals surface area contributed by atoms with Gasteiger partial charge in [0.05, 0.1) is 23.7 Å². The number of nitrogens with one attached hydrogen (secondary N) is 2. The van der Waals surface area contributed by atoms with Crippen LogP contribution in [0.5, 0.6) is 0 Å². The first-order valence-electron chi connectivity index (χ1n) is 10.1. The Morgan fingerprint density at radius 2 is 1.86 bits per heavy atom. The van der Waals surface area contributed by atoms with Gasteiger partial charge in [0.2, 0.25) is 5.91 Å². The summed E-state index contributed by atoms with van der Waals surface area (Å²) in [6.45, 7) is 5.07. The maximum Gasteiger partial charge on any atom is 0.231 e. The van der Waals surface area contributed by atoms with Crippen LogP contribution in [0.15, 0.2) is 48.5 Å². The zero-order chi connectivity index (χ0) is 20.5. The summed E-state index contributed by atoms with van der Waals surface area (Å²) in [5, 5.41) is 14.5. The molecule has 2 N–H and O–H groups in total. The molecule has 0 aromatic heterocycles. The van der Waals surface area contributed by atoms with E-state index in [9.17, 15) is 4.79 Å². The third kappa shape index (κ3) is 3.77. The number of carbonyl (C=O) groups is 1. The van der Waals surface area contributed by atoms with E-state index >= 15 is 0 Å². The highest BCUT2D eigenvalue weighted by molar-refractivity contribution is 5.94. The van der Waals surface area contributed by atoms with Crippen LogP contribution in [0.25, 0.3) is 11.1 Å². The average molecular weight is 390 g/mol. The number of hydrazine groups is 1. The van der Waals surface area contributed by atoms with Crippen LogP contribution >= 0.6 is 0 Å². The highest BCUT2D eigenvalue weighted by Crippen LogP contribution is 2.31. The molecular formula is C23H27N5O. The monoisotopic (exact) mass is 389 g/mol. The third-order valence-electron chi connectivity index (χ3n) is 6.20. The van der Waals surface area contributed by atoms with E-state index in [2.05, 4.69) is 47.6 Å². The molecule has 6 heteroatoms. The van der Waals surface area contributed by atoms with Crippen LogP contribution in [0.4, 0.5) is 5.69 Å². The molecule has 1 amide bonds. The molecule has 0 aliphatic carbocycles. The number of nitriles is 1. The maximum absolute atomic E-state index is 13.1. The highest BCUT2D eigenvalue weighted by atomic mass is 16.2. The second-order valence-corrected chi connectivity index (χ2v) is 8.15. The number of fused-ring (bicyclic) bond motifs is 1. The topological polar surface area (TPSA) is 71.4 Å². The van der Waals surface area contributed by atoms with Crippen molar-refractivity contribution < 1.29 is 4.79 Å². The molecule has 2 aromatic carbocycles. The van der Waals surface area contributed by atoms with Gasteiger partial charge in [0, 0.05) is 24.3 Å². The van der Waals surface area contributed by atoms with Gasteiger partial charge in [0.15, 0.2) is 0 Å². The molecule has 2 aliphatic rings. The minimum atomic E-state index is -0.143. The molecule has 2 aromatic rings. The third-order valence-corrected chi connectivity index (χ3v) is 6.20. The van der Waals surface area contributed by atoms with Gasteiger partial charge in [0.25, 0.3) is 0 Å². The summed E-state index contributed by atoms with van der Waals surface area (Å²) in [5.41, 5.74) is 6.76. The molecule has 2 heterocycles. The molecule has 0 saturated carbocycles. The van der Waals surface area contributed by atoms with Crippen molar-refractivity contribution in [3.8, 4) is 17.2 Å². The first kappa shape index (κ1) is 19.6. The Bertz CT molecular complexity index is 952. The Morgan fingerprint density at radius 3 is 2.62 bits per heavy atom. The standard InChI is InChI=1S/C23H27N5O/c1-15-10-16(2)28-23(27(15)3)21(14-25-28)22(29)26-20-9-5-8-19(12-20)18-7-4-6-17(11-18)13-24/h4-9,11-12,15-16,21,23,25H,10,14H2,1-3H3,(H,26,29). The SMILES string of the molecule is CC1CC(C)N2NCC(C(=O)Nc3cccc(-c4cccc(C#N)c4)c3)C2N1C. The van der Waals surface area contributed by atoms with Crippen LogP contribution < -0.4 is 10.7 Å². The fourth-order valence-corrected chi connectivity index (χ4v) is 4.54. The molecule has 4 atom stereocenters. The van der Waals surface area contributed by atoms with Gasteiger partial charge in [-0.05, 0) is 62.7 Å². The van der Waals surface area contributed by atoms with E-state index < -0.39 is 0 Å². The van der Waals surface area contributed by atoms with Crippen LogP contribution in [0.2, 0.25) is 0 Å². The Labute approximate surface area is 172 Å². The molecule has 6 nitrogen and oxygen atoms in total. The van der Waals surface area contributed by atoms with Crippen molar-refractivity contribution in [3.63, 3.8) is 0 Å². The quantitative estimate of drug-likeness (QED) is 0.844. The van der Waals surface area contributed by atoms with Crippen molar-refractivity contribution in [1.29, 1.82) is 5.26 Å². The van der Waals surface area contributed by atoms with Gasteiger partial charge in [0.1, 0.15) is 0 Å². The van der Waals surface area contributed by atoms with Crippen LogP contribution in [0, 0.1) is 17.2 Å². The van der Waals surface area contributed by atoms with Crippen molar-refractivity contribution in [1.82, 2.24) is 15.3 Å². The molecule has 0 bridgehead atoms. The molecular weight excluding hydrogens is 362 g/mol. The Kier molecular flexibility index (Phi) is 5.37. The summed E-state index contributed by atoms with van der Waals surface area (Å²) in [6.07, 6.45) is 1.14. The van der Waals surface area contributed by atoms with E-state index in [1.807, 2.05) is 42.5 Å². The largest absolute Gasteiger partial charge is 0.326 e. The molecule has 2 saturated heterocycles. The summed E-state index contributed by atoms with van der Waals surface area (Å²) in [6, 6.07) is 18.3. The van der Waals surface area contributed by atoms with E-state index in [1.54, 1.807) is 6.07 Å². The van der Waals surface area contributed by atoms with Gasteiger partial charge >= 0.3 is 0 Å². The lowest BCUT2D eigenvalue weighted by molar-refractivity contribution is -0.125. The van der Waals surface area contributed by atoms with Crippen LogP contribution in [-0.4, -0.2) is 47.7 Å². The van der Waals surface area contributed by atoms with Gasteiger partial charge in [-0.3, -0.25) is 15.1 Å². The van der Waals surface area contributed by atoms with E-state index in [0.717, 1.165) is 23.2 Å². The average Bonchev–Trinajstić information content (AvgIpc) is 3.18. The molecule has 150 valence electrons. The van der Waals surface area contributed by atoms with Gasteiger partial charge in [-0.2, -0.15) is 5.26 Å². The molecule has 4 unspecified atom stereocenters. The zero-order valence-electron chi connectivity index (χ0n) is 17.1. The number of carbonyl (C=O) groups excluding carboxylic acids is 1. The summed E-state index contributed by atoms with van der Waals surface area (Å²) in [7, 11) is 2.10. The lowest BCUT2D eigenvalue weighted by Crippen LogP contribution is -2.61. The molecule has 2 aliphatic heterocycles. The Hall–Kier alpha value is -2.72. The minimum Gasteiger partial charge on any atom is -0.326 e. The van der Waals surface area contributed by atoms with Crippen molar-refractivity contribution in [2.75, 3.05) is 18.9 Å². The molecule has 4 rings (SSSR count). The molecule has 2 fully saturated rings. The maximum atomic E-state index is 13.1. The fraction of sp³-hybridized carbons (Fsp3) is 0.391. The summed E-state index contributed by atoms with van der Waals surface area (Å²) < 4.78 is 0. The molecule has 0 spiro atoms. The second-order valence-electron chi connectivity index (χ2n) is 8.15. The van der Waals surface area contributed by atoms with E-state index in [1.165, 1.54) is 0 Å². The van der Waals surface area contributed by atoms with Crippen molar-refractivity contribution >= 4 is 11.6 Å². The predicted octanol–water partition coefficient (Wildman–Crippen LogP) is 3.04. The van der Waals surface area contributed by atoms with Crippen LogP contribution in [-0.2, 0) is 4.79 Å². The molecule has 0 radical (unpaired) electrons. The number of hydrogen-bond donors (Lipinski definition) is 2. The first-order chi connectivity index (χ1) is 14.0. The Morgan fingerprint density at radius 1 is 1.14 bits per heavy atom. The van der Waals surface area contributed by atoms with Crippen molar-refractivity contribution in [3.05, 3.63) is 54.1 Å². The summed E-state index contributed by atoms with van der Waals surface area (Å²) in [4.78, 5) is 15.4. The van der Waals surface area contributed by atoms with Crippen LogP contribution in [0.1, 0.15) is 25.8 Å². The minimum absolute atomic E-state index is 0.0288. The Balaban J connectivity index is 1.52. The van der Waals surface area contributed by atoms with E-state index in [0.29, 0.717) is 24.2 Å². The summed E-state index contributed by atoms with van der Waals surface area (Å²) in [5.74, 6) is -0.114. The van der Waals surface area contributed by atoms with Gasteiger partial charge in [-0.15, -0.1) is 0 Å². The predicted molar refractivity (Wildman–Crippen MR) is 114 cm³/mol. The smallest absolute Gasteiger partial charge is 0.231 e. The lowest BCUT2D eigenvalue weighted by Gasteiger charge is -2.46. The highest BCUT2D eigenvalue weighted by Gasteiger charge is 2.47. The van der Waals surface area contributed by atoms with Gasteiger partial charge in [-0.25, -0.2) is 5.01 Å². The molecule has 29 heavy (non-hydrogen) atoms. The first-order valence-corrected chi connectivity index (χ1v) is 10.1. The zero-order valence-corrected chi connectivity index (χ0v) is 17.1. The lowest BCUT2D eigenvalue weighted by atomic mass is 9.97. The van der Waals surface area contributed by atoms with Gasteiger partial charge < -0.3 is 5.32 Å². The number of benzene rings is 2. The normalized spacial score (nSPS) is 27.2. The number of rotatable bonds is 3. The van der Waals surface area contributed by atoms with Gasteiger partial charge in [-0.1, -0.05) is 24.3 Å². The van der Waals surface area contributed by atoms with Crippen molar-refractivity contribution in [2.45, 2.75) is 38.5 Å². The fourth-order valence-electron chi connectivity index (χ4n) is 4.54. The van der Waals surface area contributed by atoms with Crippen LogP contribution in [0.3, 0.4) is 0 Å². The number of nitrogens with zero attached hydrogens (tertiary/aromatic N) is 3. The van der Waals surface area contributed by atoms with E-state index in [4.69, 9.17) is 5.26 Å². The second kappa shape index (κ2) is 7.96.